The van der Waals surface area contributed by atoms with Gasteiger partial charge in [0.1, 0.15) is 5.78 Å². The van der Waals surface area contributed by atoms with E-state index in [0.29, 0.717) is 5.78 Å². The van der Waals surface area contributed by atoms with E-state index in [4.69, 9.17) is 0 Å². The molecule has 0 saturated heterocycles. The van der Waals surface area contributed by atoms with Crippen molar-refractivity contribution in [1.82, 2.24) is 0 Å². The molecule has 0 N–H and O–H groups in total. The van der Waals surface area contributed by atoms with E-state index >= 15 is 0 Å². The number of hydrogen-bond donors (Lipinski definition) is 0. The highest BCUT2D eigenvalue weighted by atomic mass is 16.1. The Kier molecular flexibility index (Phi) is 2.27. The fraction of sp³-hybridized carbons (Fsp3) is 0.643. The lowest BCUT2D eigenvalue weighted by Crippen LogP contribution is -2.29. The maximum absolute atomic E-state index is 11.4. The van der Waals surface area contributed by atoms with Crippen LogP contribution in [0.4, 0.5) is 0 Å². The van der Waals surface area contributed by atoms with E-state index in [1.807, 2.05) is 0 Å². The molecular formula is C14H18O. The molecule has 0 spiro atoms. The first-order chi connectivity index (χ1) is 7.34. The lowest BCUT2D eigenvalue weighted by Gasteiger charge is -2.38. The Morgan fingerprint density at radius 1 is 0.933 bits per heavy atom. The van der Waals surface area contributed by atoms with E-state index in [2.05, 4.69) is 12.2 Å². The fourth-order valence-electron chi connectivity index (χ4n) is 3.54. The number of hydrogen-bond acceptors (Lipinski definition) is 1. The summed E-state index contributed by atoms with van der Waals surface area (Å²) >= 11 is 0. The van der Waals surface area contributed by atoms with E-state index in [0.717, 1.165) is 31.1 Å². The zero-order chi connectivity index (χ0) is 10.3. The van der Waals surface area contributed by atoms with E-state index in [1.54, 1.807) is 5.57 Å². The van der Waals surface area contributed by atoms with Gasteiger partial charge < -0.3 is 0 Å². The molecule has 0 aromatic carbocycles. The molecule has 3 rings (SSSR count). The summed E-state index contributed by atoms with van der Waals surface area (Å²) in [5.74, 6) is 1.97. The molecule has 0 heterocycles. The summed E-state index contributed by atoms with van der Waals surface area (Å²) in [6.07, 6.45) is 12.7. The maximum Gasteiger partial charge on any atom is 0.136 e. The second kappa shape index (κ2) is 3.62. The van der Waals surface area contributed by atoms with Crippen LogP contribution in [0.2, 0.25) is 0 Å². The van der Waals surface area contributed by atoms with Gasteiger partial charge in [0.15, 0.2) is 0 Å². The summed E-state index contributed by atoms with van der Waals surface area (Å²) in [7, 11) is 0. The molecule has 0 aromatic rings. The van der Waals surface area contributed by atoms with Crippen molar-refractivity contribution in [1.29, 1.82) is 0 Å². The number of Topliss-reactive ketones (excluding diaryl/α,β-unsaturated/α-hetero) is 1. The highest BCUT2D eigenvalue weighted by molar-refractivity contribution is 5.82. The van der Waals surface area contributed by atoms with Crippen LogP contribution in [-0.4, -0.2) is 5.78 Å². The summed E-state index contributed by atoms with van der Waals surface area (Å²) < 4.78 is 0. The summed E-state index contributed by atoms with van der Waals surface area (Å²) in [5.41, 5.74) is 3.10. The molecule has 2 unspecified atom stereocenters. The second-order valence-corrected chi connectivity index (χ2v) is 5.20. The average Bonchev–Trinajstić information content (AvgIpc) is 2.28. The molecular weight excluding hydrogens is 184 g/mol. The Morgan fingerprint density at radius 3 is 2.67 bits per heavy atom. The van der Waals surface area contributed by atoms with Gasteiger partial charge in [-0.2, -0.15) is 0 Å². The fourth-order valence-corrected chi connectivity index (χ4v) is 3.54. The molecule has 0 bridgehead atoms. The number of ketones is 1. The van der Waals surface area contributed by atoms with Crippen molar-refractivity contribution in [3.8, 4) is 0 Å². The standard InChI is InChI=1S/C14H18O/c15-12-7-8-14-11(9-12)6-5-10-3-1-2-4-13(10)14/h5-6,13-14H,1-4,7-9H2. The van der Waals surface area contributed by atoms with Crippen molar-refractivity contribution in [2.45, 2.75) is 44.9 Å². The van der Waals surface area contributed by atoms with E-state index < -0.39 is 0 Å². The van der Waals surface area contributed by atoms with Crippen LogP contribution in [0.3, 0.4) is 0 Å². The smallest absolute Gasteiger partial charge is 0.136 e. The maximum atomic E-state index is 11.4. The van der Waals surface area contributed by atoms with Crippen LogP contribution in [0, 0.1) is 11.8 Å². The molecule has 2 atom stereocenters. The van der Waals surface area contributed by atoms with Gasteiger partial charge in [0.05, 0.1) is 0 Å². The third kappa shape index (κ3) is 1.58. The van der Waals surface area contributed by atoms with Crippen LogP contribution in [0.25, 0.3) is 0 Å². The Labute approximate surface area is 91.2 Å². The first-order valence-electron chi connectivity index (χ1n) is 6.26. The molecule has 1 nitrogen and oxygen atoms in total. The van der Waals surface area contributed by atoms with E-state index in [1.165, 1.54) is 31.3 Å². The van der Waals surface area contributed by atoms with Gasteiger partial charge in [-0.25, -0.2) is 0 Å². The number of carbonyl (C=O) groups is 1. The zero-order valence-corrected chi connectivity index (χ0v) is 9.17. The monoisotopic (exact) mass is 202 g/mol. The molecule has 3 aliphatic rings. The Bertz CT molecular complexity index is 348. The average molecular weight is 202 g/mol. The van der Waals surface area contributed by atoms with Gasteiger partial charge in [-0.05, 0) is 37.5 Å². The normalized spacial score (nSPS) is 35.1. The van der Waals surface area contributed by atoms with Gasteiger partial charge >= 0.3 is 0 Å². The van der Waals surface area contributed by atoms with Crippen molar-refractivity contribution in [3.63, 3.8) is 0 Å². The van der Waals surface area contributed by atoms with Crippen LogP contribution in [0.5, 0.6) is 0 Å². The Balaban J connectivity index is 1.90. The molecule has 2 fully saturated rings. The molecule has 0 aromatic heterocycles. The van der Waals surface area contributed by atoms with Crippen molar-refractivity contribution in [3.05, 3.63) is 23.3 Å². The minimum atomic E-state index is 0.449. The number of carbonyl (C=O) groups excluding carboxylic acids is 1. The SMILES string of the molecule is O=C1CCC2C(=CC=C3CCCCC32)C1. The van der Waals surface area contributed by atoms with Crippen molar-refractivity contribution in [2.24, 2.45) is 11.8 Å². The highest BCUT2D eigenvalue weighted by Gasteiger charge is 2.34. The lowest BCUT2D eigenvalue weighted by atomic mass is 9.66. The number of fused-ring (bicyclic) bond motifs is 3. The minimum absolute atomic E-state index is 0.449. The summed E-state index contributed by atoms with van der Waals surface area (Å²) in [4.78, 5) is 11.4. The van der Waals surface area contributed by atoms with Crippen molar-refractivity contribution in [2.75, 3.05) is 0 Å². The summed E-state index contributed by atoms with van der Waals surface area (Å²) in [6.45, 7) is 0. The van der Waals surface area contributed by atoms with Crippen LogP contribution in [-0.2, 0) is 4.79 Å². The largest absolute Gasteiger partial charge is 0.299 e. The first kappa shape index (κ1) is 9.38. The van der Waals surface area contributed by atoms with Crippen LogP contribution < -0.4 is 0 Å². The molecule has 0 aliphatic heterocycles. The van der Waals surface area contributed by atoms with Crippen LogP contribution in [0.15, 0.2) is 23.3 Å². The minimum Gasteiger partial charge on any atom is -0.299 e. The topological polar surface area (TPSA) is 17.1 Å². The lowest BCUT2D eigenvalue weighted by molar-refractivity contribution is -0.119. The molecule has 0 radical (unpaired) electrons. The summed E-state index contributed by atoms with van der Waals surface area (Å²) in [6, 6.07) is 0. The first-order valence-corrected chi connectivity index (χ1v) is 6.26. The molecule has 80 valence electrons. The van der Waals surface area contributed by atoms with Crippen LogP contribution in [0.1, 0.15) is 44.9 Å². The highest BCUT2D eigenvalue weighted by Crippen LogP contribution is 2.45. The van der Waals surface area contributed by atoms with Crippen molar-refractivity contribution >= 4 is 5.78 Å². The summed E-state index contributed by atoms with van der Waals surface area (Å²) in [5, 5.41) is 0. The van der Waals surface area contributed by atoms with Gasteiger partial charge in [0, 0.05) is 12.8 Å². The molecule has 1 heteroatoms. The Hall–Kier alpha value is -0.850. The Morgan fingerprint density at radius 2 is 1.73 bits per heavy atom. The zero-order valence-electron chi connectivity index (χ0n) is 9.17. The van der Waals surface area contributed by atoms with Crippen LogP contribution >= 0.6 is 0 Å². The predicted molar refractivity (Wildman–Crippen MR) is 60.5 cm³/mol. The number of allylic oxidation sites excluding steroid dienone is 4. The van der Waals surface area contributed by atoms with E-state index in [-0.39, 0.29) is 0 Å². The molecule has 15 heavy (non-hydrogen) atoms. The van der Waals surface area contributed by atoms with Gasteiger partial charge in [-0.15, -0.1) is 0 Å². The molecule has 3 aliphatic carbocycles. The second-order valence-electron chi connectivity index (χ2n) is 5.20. The molecule has 2 saturated carbocycles. The van der Waals surface area contributed by atoms with Gasteiger partial charge in [0.25, 0.3) is 0 Å². The quantitative estimate of drug-likeness (QED) is 0.588. The predicted octanol–water partition coefficient (Wildman–Crippen LogP) is 3.41. The number of rotatable bonds is 0. The third-order valence-electron chi connectivity index (χ3n) is 4.32. The van der Waals surface area contributed by atoms with E-state index in [9.17, 15) is 4.79 Å². The van der Waals surface area contributed by atoms with Gasteiger partial charge in [0.2, 0.25) is 0 Å². The van der Waals surface area contributed by atoms with Crippen molar-refractivity contribution < 1.29 is 4.79 Å². The molecule has 0 amide bonds. The third-order valence-corrected chi connectivity index (χ3v) is 4.32. The van der Waals surface area contributed by atoms with Gasteiger partial charge in [-0.1, -0.05) is 29.7 Å². The van der Waals surface area contributed by atoms with Gasteiger partial charge in [-0.3, -0.25) is 4.79 Å².